The molecule has 1 aliphatic rings. The van der Waals surface area contributed by atoms with E-state index in [1.54, 1.807) is 4.90 Å². The van der Waals surface area contributed by atoms with Crippen molar-refractivity contribution < 1.29 is 22.8 Å². The van der Waals surface area contributed by atoms with Crippen molar-refractivity contribution in [1.29, 1.82) is 0 Å². The molecule has 0 bridgehead atoms. The predicted molar refractivity (Wildman–Crippen MR) is 108 cm³/mol. The molecular formula is C23H21F3N2O2. The van der Waals surface area contributed by atoms with Gasteiger partial charge < -0.3 is 10.2 Å². The van der Waals surface area contributed by atoms with E-state index in [1.807, 2.05) is 31.2 Å². The number of carbonyl (C=O) groups excluding carboxylic acids is 2. The summed E-state index contributed by atoms with van der Waals surface area (Å²) >= 11 is 0. The van der Waals surface area contributed by atoms with Crippen molar-refractivity contribution in [3.8, 4) is 11.8 Å². The summed E-state index contributed by atoms with van der Waals surface area (Å²) in [4.78, 5) is 26.5. The van der Waals surface area contributed by atoms with E-state index in [2.05, 4.69) is 17.2 Å². The third-order valence-electron chi connectivity index (χ3n) is 4.93. The van der Waals surface area contributed by atoms with Crippen molar-refractivity contribution in [3.05, 3.63) is 65.2 Å². The molecule has 1 heterocycles. The normalized spacial score (nSPS) is 16.2. The Hall–Kier alpha value is -3.27. The zero-order chi connectivity index (χ0) is 21.7. The van der Waals surface area contributed by atoms with Gasteiger partial charge in [0.25, 0.3) is 0 Å². The summed E-state index contributed by atoms with van der Waals surface area (Å²) in [6.45, 7) is 2.29. The highest BCUT2D eigenvalue weighted by molar-refractivity contribution is 6.00. The lowest BCUT2D eigenvalue weighted by molar-refractivity contribution is -0.137. The summed E-state index contributed by atoms with van der Waals surface area (Å²) < 4.78 is 38.2. The Kier molecular flexibility index (Phi) is 6.46. The molecule has 0 saturated carbocycles. The van der Waals surface area contributed by atoms with Crippen molar-refractivity contribution in [2.24, 2.45) is 5.92 Å². The van der Waals surface area contributed by atoms with Crippen LogP contribution in [-0.2, 0) is 22.2 Å². The summed E-state index contributed by atoms with van der Waals surface area (Å²) in [5, 5.41) is 2.65. The molecule has 7 heteroatoms. The van der Waals surface area contributed by atoms with Gasteiger partial charge in [0.05, 0.1) is 18.0 Å². The van der Waals surface area contributed by atoms with Gasteiger partial charge in [-0.05, 0) is 36.2 Å². The number of alkyl halides is 3. The first-order valence-electron chi connectivity index (χ1n) is 9.61. The smallest absolute Gasteiger partial charge is 0.345 e. The maximum absolute atomic E-state index is 12.7. The molecule has 0 aromatic heterocycles. The number of anilines is 1. The third kappa shape index (κ3) is 5.01. The van der Waals surface area contributed by atoms with Crippen LogP contribution in [0.15, 0.2) is 48.5 Å². The van der Waals surface area contributed by atoms with Gasteiger partial charge in [-0.25, -0.2) is 0 Å². The molecule has 2 amide bonds. The number of hydrogen-bond acceptors (Lipinski definition) is 2. The van der Waals surface area contributed by atoms with E-state index >= 15 is 0 Å². The number of aryl methyl sites for hydroxylation is 1. The Balaban J connectivity index is 1.58. The van der Waals surface area contributed by atoms with Crippen molar-refractivity contribution in [2.75, 3.05) is 18.0 Å². The Morgan fingerprint density at radius 2 is 1.97 bits per heavy atom. The molecule has 1 unspecified atom stereocenters. The molecule has 1 atom stereocenters. The van der Waals surface area contributed by atoms with Gasteiger partial charge in [0.1, 0.15) is 0 Å². The zero-order valence-electron chi connectivity index (χ0n) is 16.4. The minimum atomic E-state index is -4.43. The molecule has 0 aliphatic carbocycles. The molecule has 156 valence electrons. The second kappa shape index (κ2) is 9.04. The van der Waals surface area contributed by atoms with Gasteiger partial charge >= 0.3 is 6.18 Å². The van der Waals surface area contributed by atoms with Gasteiger partial charge in [0.2, 0.25) is 11.8 Å². The maximum Gasteiger partial charge on any atom is 0.416 e. The number of benzene rings is 2. The van der Waals surface area contributed by atoms with E-state index in [0.29, 0.717) is 6.54 Å². The quantitative estimate of drug-likeness (QED) is 0.774. The van der Waals surface area contributed by atoms with Crippen LogP contribution in [0.25, 0.3) is 0 Å². The van der Waals surface area contributed by atoms with Crippen LogP contribution < -0.4 is 10.2 Å². The molecule has 30 heavy (non-hydrogen) atoms. The second-order valence-corrected chi connectivity index (χ2v) is 6.99. The lowest BCUT2D eigenvalue weighted by Gasteiger charge is -2.19. The van der Waals surface area contributed by atoms with Gasteiger partial charge in [-0.15, -0.1) is 0 Å². The number of para-hydroxylation sites is 1. The number of nitrogens with one attached hydrogen (secondary N) is 1. The highest BCUT2D eigenvalue weighted by Gasteiger charge is 2.35. The van der Waals surface area contributed by atoms with Crippen LogP contribution in [0.2, 0.25) is 0 Å². The molecule has 1 aliphatic heterocycles. The van der Waals surface area contributed by atoms with Crippen LogP contribution in [0.3, 0.4) is 0 Å². The number of carbonyl (C=O) groups is 2. The van der Waals surface area contributed by atoms with E-state index in [1.165, 1.54) is 12.1 Å². The maximum atomic E-state index is 12.7. The van der Waals surface area contributed by atoms with E-state index in [-0.39, 0.29) is 30.3 Å². The summed E-state index contributed by atoms with van der Waals surface area (Å²) in [6.07, 6.45) is -3.53. The Morgan fingerprint density at radius 1 is 1.20 bits per heavy atom. The lowest BCUT2D eigenvalue weighted by Crippen LogP contribution is -2.33. The molecular weight excluding hydrogens is 393 g/mol. The fraction of sp³-hybridized carbons (Fsp3) is 0.304. The van der Waals surface area contributed by atoms with Crippen LogP contribution in [0, 0.1) is 17.8 Å². The largest absolute Gasteiger partial charge is 0.416 e. The standard InChI is InChI=1S/C23H21F3N2O2/c1-2-17-9-3-4-11-20(17)28-15-18(14-21(28)29)22(30)27-12-6-8-16-7-5-10-19(13-16)23(24,25)26/h3-5,7,9-11,13,18H,2,12,14-15H2,1H3,(H,27,30). The van der Waals surface area contributed by atoms with Crippen LogP contribution in [0.1, 0.15) is 30.0 Å². The average Bonchev–Trinajstić information content (AvgIpc) is 3.12. The summed E-state index contributed by atoms with van der Waals surface area (Å²) in [6, 6.07) is 12.3. The fourth-order valence-corrected chi connectivity index (χ4v) is 3.38. The lowest BCUT2D eigenvalue weighted by atomic mass is 10.1. The Labute approximate surface area is 173 Å². The van der Waals surface area contributed by atoms with Crippen molar-refractivity contribution in [2.45, 2.75) is 25.9 Å². The highest BCUT2D eigenvalue weighted by atomic mass is 19.4. The van der Waals surface area contributed by atoms with E-state index in [0.717, 1.165) is 29.8 Å². The van der Waals surface area contributed by atoms with Gasteiger partial charge in [0.15, 0.2) is 0 Å². The molecule has 1 N–H and O–H groups in total. The summed E-state index contributed by atoms with van der Waals surface area (Å²) in [7, 11) is 0. The van der Waals surface area contributed by atoms with Crippen molar-refractivity contribution in [1.82, 2.24) is 5.32 Å². The van der Waals surface area contributed by atoms with Gasteiger partial charge in [0, 0.05) is 24.2 Å². The van der Waals surface area contributed by atoms with Crippen molar-refractivity contribution >= 4 is 17.5 Å². The van der Waals surface area contributed by atoms with E-state index in [4.69, 9.17) is 0 Å². The first-order chi connectivity index (χ1) is 14.3. The third-order valence-corrected chi connectivity index (χ3v) is 4.93. The summed E-state index contributed by atoms with van der Waals surface area (Å²) in [5.41, 5.74) is 1.32. The van der Waals surface area contributed by atoms with E-state index < -0.39 is 17.7 Å². The molecule has 3 rings (SSSR count). The van der Waals surface area contributed by atoms with Crippen LogP contribution >= 0.6 is 0 Å². The molecule has 2 aromatic carbocycles. The topological polar surface area (TPSA) is 49.4 Å². The number of halogens is 3. The predicted octanol–water partition coefficient (Wildman–Crippen LogP) is 3.79. The van der Waals surface area contributed by atoms with Gasteiger partial charge in [-0.3, -0.25) is 9.59 Å². The minimum absolute atomic E-state index is 0.00861. The van der Waals surface area contributed by atoms with Crippen LogP contribution in [-0.4, -0.2) is 24.9 Å². The Morgan fingerprint density at radius 3 is 2.70 bits per heavy atom. The molecule has 4 nitrogen and oxygen atoms in total. The SMILES string of the molecule is CCc1ccccc1N1CC(C(=O)NCC#Cc2cccc(C(F)(F)F)c2)CC1=O. The summed E-state index contributed by atoms with van der Waals surface area (Å²) in [5.74, 6) is 4.39. The molecule has 0 radical (unpaired) electrons. The fourth-order valence-electron chi connectivity index (χ4n) is 3.38. The highest BCUT2D eigenvalue weighted by Crippen LogP contribution is 2.30. The number of nitrogens with zero attached hydrogens (tertiary/aromatic N) is 1. The van der Waals surface area contributed by atoms with Crippen LogP contribution in [0.5, 0.6) is 0 Å². The molecule has 2 aromatic rings. The number of amides is 2. The minimum Gasteiger partial charge on any atom is -0.345 e. The van der Waals surface area contributed by atoms with Gasteiger partial charge in [-0.1, -0.05) is 43.0 Å². The van der Waals surface area contributed by atoms with E-state index in [9.17, 15) is 22.8 Å². The monoisotopic (exact) mass is 414 g/mol. The van der Waals surface area contributed by atoms with Crippen molar-refractivity contribution in [3.63, 3.8) is 0 Å². The number of rotatable bonds is 4. The number of hydrogen-bond donors (Lipinski definition) is 1. The van der Waals surface area contributed by atoms with Crippen LogP contribution in [0.4, 0.5) is 18.9 Å². The molecule has 0 spiro atoms. The molecule has 1 fully saturated rings. The molecule has 1 saturated heterocycles. The first-order valence-corrected chi connectivity index (χ1v) is 9.61. The second-order valence-electron chi connectivity index (χ2n) is 6.99. The zero-order valence-corrected chi connectivity index (χ0v) is 16.4. The first kappa shape index (κ1) is 21.4. The average molecular weight is 414 g/mol. The Bertz CT molecular complexity index is 1010. The van der Waals surface area contributed by atoms with Gasteiger partial charge in [-0.2, -0.15) is 13.2 Å².